The first-order chi connectivity index (χ1) is 10.6. The van der Waals surface area contributed by atoms with Gasteiger partial charge < -0.3 is 10.6 Å². The maximum atomic E-state index is 6.71. The molecule has 22 heavy (non-hydrogen) atoms. The summed E-state index contributed by atoms with van der Waals surface area (Å²) < 4.78 is 0. The molecule has 1 aromatic rings. The summed E-state index contributed by atoms with van der Waals surface area (Å²) in [5.74, 6) is 0. The van der Waals surface area contributed by atoms with Crippen LogP contribution in [0.25, 0.3) is 0 Å². The van der Waals surface area contributed by atoms with Crippen LogP contribution in [0.3, 0.4) is 0 Å². The third-order valence-electron chi connectivity index (χ3n) is 5.58. The molecule has 1 saturated carbocycles. The van der Waals surface area contributed by atoms with Gasteiger partial charge in [0.25, 0.3) is 0 Å². The van der Waals surface area contributed by atoms with Crippen LogP contribution in [0.1, 0.15) is 51.5 Å². The Hall–Kier alpha value is -1.06. The summed E-state index contributed by atoms with van der Waals surface area (Å²) in [6.45, 7) is 9.15. The largest absolute Gasteiger partial charge is 0.369 e. The van der Waals surface area contributed by atoms with Gasteiger partial charge in [0.05, 0.1) is 0 Å². The first-order valence-electron chi connectivity index (χ1n) is 8.97. The van der Waals surface area contributed by atoms with Gasteiger partial charge in [-0.25, -0.2) is 0 Å². The molecule has 0 aromatic heterocycles. The van der Waals surface area contributed by atoms with E-state index < -0.39 is 0 Å². The van der Waals surface area contributed by atoms with Crippen molar-refractivity contribution in [3.8, 4) is 0 Å². The van der Waals surface area contributed by atoms with Crippen molar-refractivity contribution in [3.05, 3.63) is 29.8 Å². The van der Waals surface area contributed by atoms with Crippen molar-refractivity contribution < 1.29 is 0 Å². The maximum Gasteiger partial charge on any atom is 0.0410 e. The first kappa shape index (κ1) is 15.8. The van der Waals surface area contributed by atoms with E-state index in [1.807, 2.05) is 0 Å². The van der Waals surface area contributed by atoms with E-state index in [1.165, 1.54) is 30.5 Å². The van der Waals surface area contributed by atoms with Gasteiger partial charge >= 0.3 is 0 Å². The normalized spacial score (nSPS) is 23.0. The van der Waals surface area contributed by atoms with Crippen LogP contribution in [0, 0.1) is 0 Å². The average Bonchev–Trinajstić information content (AvgIpc) is 2.56. The Morgan fingerprint density at radius 1 is 1.00 bits per heavy atom. The zero-order valence-corrected chi connectivity index (χ0v) is 14.2. The number of hydrogen-bond acceptors (Lipinski definition) is 3. The lowest BCUT2D eigenvalue weighted by Gasteiger charge is -2.39. The standard InChI is InChI=1S/C19H31N3/c1-16(2)21-11-13-22(14-12-21)18-8-6-7-17(15-18)19(20)9-4-3-5-10-19/h6-8,15-16H,3-5,9-14,20H2,1-2H3. The molecular weight excluding hydrogens is 270 g/mol. The molecule has 1 aliphatic carbocycles. The Morgan fingerprint density at radius 2 is 1.68 bits per heavy atom. The van der Waals surface area contributed by atoms with E-state index in [9.17, 15) is 0 Å². The van der Waals surface area contributed by atoms with Crippen LogP contribution in [0.2, 0.25) is 0 Å². The Kier molecular flexibility index (Phi) is 4.74. The summed E-state index contributed by atoms with van der Waals surface area (Å²) in [4.78, 5) is 5.08. The van der Waals surface area contributed by atoms with Gasteiger partial charge in [-0.3, -0.25) is 4.90 Å². The highest BCUT2D eigenvalue weighted by Crippen LogP contribution is 2.36. The van der Waals surface area contributed by atoms with Crippen molar-refractivity contribution in [2.75, 3.05) is 31.1 Å². The SMILES string of the molecule is CC(C)N1CCN(c2cccc(C3(N)CCCCC3)c2)CC1. The van der Waals surface area contributed by atoms with Crippen LogP contribution in [0.15, 0.2) is 24.3 Å². The molecular formula is C19H31N3. The van der Waals surface area contributed by atoms with Gasteiger partial charge in [-0.05, 0) is 44.4 Å². The zero-order chi connectivity index (χ0) is 15.6. The van der Waals surface area contributed by atoms with Crippen molar-refractivity contribution in [2.24, 2.45) is 5.73 Å². The van der Waals surface area contributed by atoms with Crippen molar-refractivity contribution >= 4 is 5.69 Å². The number of hydrogen-bond donors (Lipinski definition) is 1. The molecule has 3 rings (SSSR count). The number of nitrogens with zero attached hydrogens (tertiary/aromatic N) is 2. The number of piperazine rings is 1. The molecule has 0 atom stereocenters. The molecule has 122 valence electrons. The van der Waals surface area contributed by atoms with Crippen LogP contribution in [0.4, 0.5) is 5.69 Å². The Morgan fingerprint density at radius 3 is 2.32 bits per heavy atom. The topological polar surface area (TPSA) is 32.5 Å². The number of rotatable bonds is 3. The van der Waals surface area contributed by atoms with E-state index >= 15 is 0 Å². The summed E-state index contributed by atoms with van der Waals surface area (Å²) in [6, 6.07) is 9.70. The molecule has 1 aromatic carbocycles. The minimum absolute atomic E-state index is 0.0893. The van der Waals surface area contributed by atoms with Crippen molar-refractivity contribution in [1.29, 1.82) is 0 Å². The lowest BCUT2D eigenvalue weighted by molar-refractivity contribution is 0.209. The highest BCUT2D eigenvalue weighted by molar-refractivity contribution is 5.50. The lowest BCUT2D eigenvalue weighted by atomic mass is 9.77. The second-order valence-corrected chi connectivity index (χ2v) is 7.38. The van der Waals surface area contributed by atoms with E-state index in [4.69, 9.17) is 5.73 Å². The average molecular weight is 301 g/mol. The highest BCUT2D eigenvalue weighted by atomic mass is 15.3. The number of anilines is 1. The van der Waals surface area contributed by atoms with E-state index in [0.717, 1.165) is 39.0 Å². The van der Waals surface area contributed by atoms with Gasteiger partial charge in [-0.15, -0.1) is 0 Å². The molecule has 1 aliphatic heterocycles. The molecule has 0 spiro atoms. The molecule has 3 nitrogen and oxygen atoms in total. The second kappa shape index (κ2) is 6.59. The summed E-state index contributed by atoms with van der Waals surface area (Å²) in [5.41, 5.74) is 9.33. The fraction of sp³-hybridized carbons (Fsp3) is 0.684. The summed E-state index contributed by atoms with van der Waals surface area (Å²) >= 11 is 0. The fourth-order valence-corrected chi connectivity index (χ4v) is 3.98. The molecule has 1 heterocycles. The minimum atomic E-state index is -0.0893. The number of benzene rings is 1. The third kappa shape index (κ3) is 3.31. The minimum Gasteiger partial charge on any atom is -0.369 e. The van der Waals surface area contributed by atoms with E-state index in [2.05, 4.69) is 47.9 Å². The fourth-order valence-electron chi connectivity index (χ4n) is 3.98. The van der Waals surface area contributed by atoms with Gasteiger partial charge in [0.15, 0.2) is 0 Å². The van der Waals surface area contributed by atoms with Crippen molar-refractivity contribution in [3.63, 3.8) is 0 Å². The summed E-state index contributed by atoms with van der Waals surface area (Å²) in [6.07, 6.45) is 6.16. The zero-order valence-electron chi connectivity index (χ0n) is 14.2. The predicted octanol–water partition coefficient (Wildman–Crippen LogP) is 3.34. The maximum absolute atomic E-state index is 6.71. The highest BCUT2D eigenvalue weighted by Gasteiger charge is 2.30. The van der Waals surface area contributed by atoms with Crippen molar-refractivity contribution in [2.45, 2.75) is 57.5 Å². The molecule has 0 unspecified atom stereocenters. The lowest BCUT2D eigenvalue weighted by Crippen LogP contribution is -2.49. The molecule has 0 amide bonds. The Labute approximate surface area is 135 Å². The first-order valence-corrected chi connectivity index (χ1v) is 8.97. The molecule has 2 N–H and O–H groups in total. The Bertz CT molecular complexity index is 483. The van der Waals surface area contributed by atoms with Gasteiger partial charge in [-0.2, -0.15) is 0 Å². The van der Waals surface area contributed by atoms with E-state index in [0.29, 0.717) is 6.04 Å². The molecule has 3 heteroatoms. The monoisotopic (exact) mass is 301 g/mol. The van der Waals surface area contributed by atoms with Gasteiger partial charge in [0.2, 0.25) is 0 Å². The molecule has 2 aliphatic rings. The summed E-state index contributed by atoms with van der Waals surface area (Å²) in [7, 11) is 0. The third-order valence-corrected chi connectivity index (χ3v) is 5.58. The van der Waals surface area contributed by atoms with Gasteiger partial charge in [0, 0.05) is 43.4 Å². The number of nitrogens with two attached hydrogens (primary N) is 1. The van der Waals surface area contributed by atoms with Gasteiger partial charge in [0.1, 0.15) is 0 Å². The van der Waals surface area contributed by atoms with Crippen LogP contribution < -0.4 is 10.6 Å². The van der Waals surface area contributed by atoms with E-state index in [1.54, 1.807) is 0 Å². The summed E-state index contributed by atoms with van der Waals surface area (Å²) in [5, 5.41) is 0. The van der Waals surface area contributed by atoms with Crippen LogP contribution in [-0.2, 0) is 5.54 Å². The smallest absolute Gasteiger partial charge is 0.0410 e. The molecule has 0 radical (unpaired) electrons. The van der Waals surface area contributed by atoms with Crippen LogP contribution >= 0.6 is 0 Å². The van der Waals surface area contributed by atoms with Gasteiger partial charge in [-0.1, -0.05) is 31.4 Å². The van der Waals surface area contributed by atoms with Crippen LogP contribution in [0.5, 0.6) is 0 Å². The molecule has 1 saturated heterocycles. The quantitative estimate of drug-likeness (QED) is 0.929. The molecule has 0 bridgehead atoms. The van der Waals surface area contributed by atoms with E-state index in [-0.39, 0.29) is 5.54 Å². The van der Waals surface area contributed by atoms with Crippen LogP contribution in [-0.4, -0.2) is 37.1 Å². The molecule has 2 fully saturated rings. The Balaban J connectivity index is 1.72. The predicted molar refractivity (Wildman–Crippen MR) is 94.3 cm³/mol. The second-order valence-electron chi connectivity index (χ2n) is 7.38. The van der Waals surface area contributed by atoms with Crippen molar-refractivity contribution in [1.82, 2.24) is 4.90 Å².